The highest BCUT2D eigenvalue weighted by molar-refractivity contribution is 5.86. The van der Waals surface area contributed by atoms with Crippen molar-refractivity contribution in [1.82, 2.24) is 0 Å². The van der Waals surface area contributed by atoms with Gasteiger partial charge in [-0.05, 0) is 142 Å². The number of nitrogens with zero attached hydrogens (tertiary/aromatic N) is 2. The van der Waals surface area contributed by atoms with Gasteiger partial charge in [-0.3, -0.25) is 0 Å². The molecule has 9 rings (SSSR count). The van der Waals surface area contributed by atoms with E-state index in [0.717, 1.165) is 33.9 Å². The first-order valence-corrected chi connectivity index (χ1v) is 19.8. The van der Waals surface area contributed by atoms with Crippen LogP contribution in [0.3, 0.4) is 0 Å². The van der Waals surface area contributed by atoms with Crippen LogP contribution in [0.4, 0.5) is 34.1 Å². The second kappa shape index (κ2) is 15.0. The lowest BCUT2D eigenvalue weighted by atomic mass is 9.82. The van der Waals surface area contributed by atoms with E-state index >= 15 is 0 Å². The first-order valence-electron chi connectivity index (χ1n) is 19.8. The minimum Gasteiger partial charge on any atom is -0.311 e. The fraction of sp³-hybridized carbons (Fsp3) is 0.0909. The SMILES string of the molecule is Cc1cc(C)cc(N(c2ccc(-c3ccc(/C=C/c4ccc(N(c5ccccc5)c5ccccc5)cc4)cc3)cc2)c2ccc3c(c2)C(C)(C)c2ccccc2-3)c1. The Bertz CT molecular complexity index is 2630. The molecule has 0 atom stereocenters. The molecule has 2 heteroatoms. The van der Waals surface area contributed by atoms with Crippen molar-refractivity contribution in [3.63, 3.8) is 0 Å². The van der Waals surface area contributed by atoms with E-state index in [0.29, 0.717) is 0 Å². The van der Waals surface area contributed by atoms with Crippen molar-refractivity contribution >= 4 is 46.3 Å². The molecule has 0 saturated heterocycles. The van der Waals surface area contributed by atoms with E-state index in [1.165, 1.54) is 55.9 Å². The van der Waals surface area contributed by atoms with Gasteiger partial charge in [0.1, 0.15) is 0 Å². The van der Waals surface area contributed by atoms with E-state index < -0.39 is 0 Å². The molecule has 0 N–H and O–H groups in total. The summed E-state index contributed by atoms with van der Waals surface area (Å²) in [5.74, 6) is 0. The standard InChI is InChI=1S/C55H46N2/c1-39-35-40(2)37-50(36-39)57(49-33-34-52-51-17-11-12-18-53(51)55(3,4)54(52)38-49)48-31-27-44(28-32-48)43-25-21-41(22-26-43)19-20-42-23-29-47(30-24-42)56(45-13-7-5-8-14-45)46-15-9-6-10-16-46/h5-38H,1-4H3/b20-19+. The molecule has 2 nitrogen and oxygen atoms in total. The molecule has 0 aromatic heterocycles. The number of para-hydroxylation sites is 2. The van der Waals surface area contributed by atoms with E-state index in [-0.39, 0.29) is 5.41 Å². The minimum absolute atomic E-state index is 0.0705. The predicted octanol–water partition coefficient (Wildman–Crippen LogP) is 15.4. The van der Waals surface area contributed by atoms with Crippen LogP contribution in [0.5, 0.6) is 0 Å². The van der Waals surface area contributed by atoms with Gasteiger partial charge >= 0.3 is 0 Å². The average Bonchev–Trinajstić information content (AvgIpc) is 3.47. The predicted molar refractivity (Wildman–Crippen MR) is 244 cm³/mol. The normalized spacial score (nSPS) is 12.6. The van der Waals surface area contributed by atoms with E-state index in [1.807, 2.05) is 0 Å². The molecule has 0 bridgehead atoms. The Kier molecular flexibility index (Phi) is 9.40. The highest BCUT2D eigenvalue weighted by Crippen LogP contribution is 2.50. The summed E-state index contributed by atoms with van der Waals surface area (Å²) in [5.41, 5.74) is 19.5. The average molecular weight is 735 g/mol. The summed E-state index contributed by atoms with van der Waals surface area (Å²) in [6.07, 6.45) is 4.37. The molecule has 0 saturated carbocycles. The van der Waals surface area contributed by atoms with E-state index in [2.05, 4.69) is 244 Å². The highest BCUT2D eigenvalue weighted by Gasteiger charge is 2.35. The van der Waals surface area contributed by atoms with Gasteiger partial charge in [-0.15, -0.1) is 0 Å². The zero-order valence-electron chi connectivity index (χ0n) is 33.0. The second-order valence-electron chi connectivity index (χ2n) is 15.7. The maximum absolute atomic E-state index is 2.41. The van der Waals surface area contributed by atoms with Crippen molar-refractivity contribution in [3.8, 4) is 22.3 Å². The molecule has 57 heavy (non-hydrogen) atoms. The summed E-state index contributed by atoms with van der Waals surface area (Å²) in [5, 5.41) is 0. The molecule has 0 aliphatic heterocycles. The first kappa shape index (κ1) is 35.8. The van der Waals surface area contributed by atoms with Crippen molar-refractivity contribution in [3.05, 3.63) is 228 Å². The molecule has 0 fully saturated rings. The van der Waals surface area contributed by atoms with Crippen molar-refractivity contribution in [2.45, 2.75) is 33.1 Å². The van der Waals surface area contributed by atoms with E-state index in [4.69, 9.17) is 0 Å². The van der Waals surface area contributed by atoms with E-state index in [1.54, 1.807) is 0 Å². The van der Waals surface area contributed by atoms with Gasteiger partial charge in [0, 0.05) is 39.5 Å². The molecule has 0 unspecified atom stereocenters. The summed E-state index contributed by atoms with van der Waals surface area (Å²) in [7, 11) is 0. The second-order valence-corrected chi connectivity index (χ2v) is 15.7. The fourth-order valence-electron chi connectivity index (χ4n) is 8.48. The number of rotatable bonds is 9. The quantitative estimate of drug-likeness (QED) is 0.136. The number of benzene rings is 8. The van der Waals surface area contributed by atoms with Crippen LogP contribution in [0.25, 0.3) is 34.4 Å². The van der Waals surface area contributed by atoms with Crippen LogP contribution in [0.15, 0.2) is 194 Å². The van der Waals surface area contributed by atoms with Crippen molar-refractivity contribution in [2.75, 3.05) is 9.80 Å². The van der Waals surface area contributed by atoms with Gasteiger partial charge in [-0.2, -0.15) is 0 Å². The van der Waals surface area contributed by atoms with Gasteiger partial charge in [-0.1, -0.05) is 147 Å². The third-order valence-electron chi connectivity index (χ3n) is 11.3. The van der Waals surface area contributed by atoms with Crippen LogP contribution in [-0.2, 0) is 5.41 Å². The van der Waals surface area contributed by atoms with Gasteiger partial charge in [-0.25, -0.2) is 0 Å². The molecular weight excluding hydrogens is 689 g/mol. The summed E-state index contributed by atoms with van der Waals surface area (Å²) < 4.78 is 0. The number of hydrogen-bond acceptors (Lipinski definition) is 2. The summed E-state index contributed by atoms with van der Waals surface area (Å²) in [6, 6.07) is 70.3. The lowest BCUT2D eigenvalue weighted by molar-refractivity contribution is 0.660. The lowest BCUT2D eigenvalue weighted by Crippen LogP contribution is -2.16. The largest absolute Gasteiger partial charge is 0.311 e. The third-order valence-corrected chi connectivity index (χ3v) is 11.3. The molecule has 0 radical (unpaired) electrons. The summed E-state index contributed by atoms with van der Waals surface area (Å²) in [4.78, 5) is 4.69. The zero-order valence-corrected chi connectivity index (χ0v) is 33.0. The zero-order chi connectivity index (χ0) is 38.9. The van der Waals surface area contributed by atoms with E-state index in [9.17, 15) is 0 Å². The summed E-state index contributed by atoms with van der Waals surface area (Å²) in [6.45, 7) is 9.06. The topological polar surface area (TPSA) is 6.48 Å². The molecule has 1 aliphatic rings. The Balaban J connectivity index is 0.955. The third kappa shape index (κ3) is 7.07. The van der Waals surface area contributed by atoms with Gasteiger partial charge in [0.05, 0.1) is 0 Å². The van der Waals surface area contributed by atoms with Crippen LogP contribution in [0, 0.1) is 13.8 Å². The molecular formula is C55H46N2. The Hall–Kier alpha value is -6.90. The smallest absolute Gasteiger partial charge is 0.0466 e. The van der Waals surface area contributed by atoms with Crippen LogP contribution in [-0.4, -0.2) is 0 Å². The van der Waals surface area contributed by atoms with Gasteiger partial charge in [0.25, 0.3) is 0 Å². The van der Waals surface area contributed by atoms with Crippen LogP contribution >= 0.6 is 0 Å². The minimum atomic E-state index is -0.0705. The van der Waals surface area contributed by atoms with Crippen molar-refractivity contribution in [2.24, 2.45) is 0 Å². The summed E-state index contributed by atoms with van der Waals surface area (Å²) >= 11 is 0. The van der Waals surface area contributed by atoms with Crippen molar-refractivity contribution < 1.29 is 0 Å². The van der Waals surface area contributed by atoms with Crippen LogP contribution < -0.4 is 9.80 Å². The number of anilines is 6. The molecule has 1 aliphatic carbocycles. The molecule has 8 aromatic carbocycles. The molecule has 8 aromatic rings. The number of aryl methyl sites for hydroxylation is 2. The lowest BCUT2D eigenvalue weighted by Gasteiger charge is -2.29. The molecule has 0 spiro atoms. The Morgan fingerprint density at radius 3 is 1.35 bits per heavy atom. The van der Waals surface area contributed by atoms with Crippen LogP contribution in [0.2, 0.25) is 0 Å². The first-order chi connectivity index (χ1) is 27.8. The van der Waals surface area contributed by atoms with Crippen molar-refractivity contribution in [1.29, 1.82) is 0 Å². The number of hydrogen-bond donors (Lipinski definition) is 0. The molecule has 0 amide bonds. The van der Waals surface area contributed by atoms with Crippen LogP contribution in [0.1, 0.15) is 47.2 Å². The molecule has 276 valence electrons. The number of fused-ring (bicyclic) bond motifs is 3. The highest BCUT2D eigenvalue weighted by atomic mass is 15.1. The Labute approximate surface area is 337 Å². The van der Waals surface area contributed by atoms with Gasteiger partial charge < -0.3 is 9.80 Å². The van der Waals surface area contributed by atoms with Gasteiger partial charge in [0.15, 0.2) is 0 Å². The molecule has 0 heterocycles. The Morgan fingerprint density at radius 1 is 0.351 bits per heavy atom. The van der Waals surface area contributed by atoms with Gasteiger partial charge in [0.2, 0.25) is 0 Å². The maximum atomic E-state index is 2.41. The monoisotopic (exact) mass is 734 g/mol. The fourth-order valence-corrected chi connectivity index (χ4v) is 8.48. The maximum Gasteiger partial charge on any atom is 0.0466 e. The Morgan fingerprint density at radius 2 is 0.772 bits per heavy atom.